The third-order valence-electron chi connectivity index (χ3n) is 4.26. The lowest BCUT2D eigenvalue weighted by atomic mass is 9.91. The standard InChI is InChI=1S/C19H20N2/c1-13-7-6-10-16(14(13)2)19(20-3)18-12-21-11-15-8-4-5-9-17(15)18/h4-12,19-20H,1-3H3. The van der Waals surface area contributed by atoms with Crippen LogP contribution in [0.1, 0.15) is 28.3 Å². The normalized spacial score (nSPS) is 12.5. The monoisotopic (exact) mass is 276 g/mol. The van der Waals surface area contributed by atoms with Crippen LogP contribution in [0.25, 0.3) is 10.8 Å². The van der Waals surface area contributed by atoms with Crippen molar-refractivity contribution < 1.29 is 0 Å². The van der Waals surface area contributed by atoms with Crippen molar-refractivity contribution in [3.05, 3.63) is 77.1 Å². The van der Waals surface area contributed by atoms with Gasteiger partial charge in [0.15, 0.2) is 0 Å². The van der Waals surface area contributed by atoms with Crippen molar-refractivity contribution in [1.82, 2.24) is 10.3 Å². The second-order valence-corrected chi connectivity index (χ2v) is 5.46. The molecule has 0 radical (unpaired) electrons. The molecule has 0 aliphatic carbocycles. The predicted octanol–water partition coefficient (Wildman–Crippen LogP) is 4.16. The number of benzene rings is 2. The van der Waals surface area contributed by atoms with Crippen molar-refractivity contribution in [2.24, 2.45) is 0 Å². The minimum Gasteiger partial charge on any atom is -0.309 e. The van der Waals surface area contributed by atoms with E-state index >= 15 is 0 Å². The number of aryl methyl sites for hydroxylation is 1. The highest BCUT2D eigenvalue weighted by Crippen LogP contribution is 2.30. The molecule has 0 bridgehead atoms. The van der Waals surface area contributed by atoms with Gasteiger partial charge in [0.1, 0.15) is 0 Å². The number of aromatic nitrogens is 1. The first-order valence-corrected chi connectivity index (χ1v) is 7.28. The van der Waals surface area contributed by atoms with Crippen LogP contribution in [0.15, 0.2) is 54.9 Å². The molecular formula is C19H20N2. The summed E-state index contributed by atoms with van der Waals surface area (Å²) in [6, 6.07) is 15.1. The fourth-order valence-electron chi connectivity index (χ4n) is 2.93. The number of hydrogen-bond donors (Lipinski definition) is 1. The van der Waals surface area contributed by atoms with Gasteiger partial charge in [-0.15, -0.1) is 0 Å². The predicted molar refractivity (Wildman–Crippen MR) is 88.6 cm³/mol. The molecule has 0 aliphatic rings. The Balaban J connectivity index is 2.21. The van der Waals surface area contributed by atoms with Gasteiger partial charge in [-0.25, -0.2) is 0 Å². The van der Waals surface area contributed by atoms with Crippen molar-refractivity contribution in [2.45, 2.75) is 19.9 Å². The number of rotatable bonds is 3. The summed E-state index contributed by atoms with van der Waals surface area (Å²) in [4.78, 5) is 4.42. The van der Waals surface area contributed by atoms with Gasteiger partial charge in [0.25, 0.3) is 0 Å². The Bertz CT molecular complexity index is 772. The first-order valence-electron chi connectivity index (χ1n) is 7.28. The van der Waals surface area contributed by atoms with E-state index in [4.69, 9.17) is 0 Å². The van der Waals surface area contributed by atoms with Gasteiger partial charge in [-0.1, -0.05) is 42.5 Å². The highest BCUT2D eigenvalue weighted by molar-refractivity contribution is 5.85. The Morgan fingerprint density at radius 1 is 0.905 bits per heavy atom. The van der Waals surface area contributed by atoms with E-state index < -0.39 is 0 Å². The lowest BCUT2D eigenvalue weighted by Gasteiger charge is -2.21. The molecule has 1 atom stereocenters. The van der Waals surface area contributed by atoms with E-state index in [0.29, 0.717) is 0 Å². The third kappa shape index (κ3) is 2.43. The second-order valence-electron chi connectivity index (χ2n) is 5.46. The lowest BCUT2D eigenvalue weighted by Crippen LogP contribution is -2.19. The summed E-state index contributed by atoms with van der Waals surface area (Å²) < 4.78 is 0. The maximum atomic E-state index is 4.42. The van der Waals surface area contributed by atoms with Crippen molar-refractivity contribution in [2.75, 3.05) is 7.05 Å². The molecule has 1 N–H and O–H groups in total. The minimum absolute atomic E-state index is 0.156. The molecule has 0 spiro atoms. The average Bonchev–Trinajstić information content (AvgIpc) is 2.52. The first kappa shape index (κ1) is 13.8. The van der Waals surface area contributed by atoms with Crippen LogP contribution in [0.3, 0.4) is 0 Å². The molecule has 106 valence electrons. The zero-order chi connectivity index (χ0) is 14.8. The number of nitrogens with zero attached hydrogens (tertiary/aromatic N) is 1. The van der Waals surface area contributed by atoms with Crippen molar-refractivity contribution >= 4 is 10.8 Å². The molecule has 1 aromatic heterocycles. The summed E-state index contributed by atoms with van der Waals surface area (Å²) in [5.41, 5.74) is 5.20. The van der Waals surface area contributed by atoms with Gasteiger partial charge in [-0.3, -0.25) is 4.98 Å². The fourth-order valence-corrected chi connectivity index (χ4v) is 2.93. The molecule has 0 saturated heterocycles. The quantitative estimate of drug-likeness (QED) is 0.777. The molecule has 0 amide bonds. The molecule has 2 aromatic carbocycles. The largest absolute Gasteiger partial charge is 0.309 e. The molecule has 0 fully saturated rings. The van der Waals surface area contributed by atoms with Crippen LogP contribution in [-0.2, 0) is 0 Å². The molecule has 3 rings (SSSR count). The highest BCUT2D eigenvalue weighted by atomic mass is 14.9. The molecule has 21 heavy (non-hydrogen) atoms. The van der Waals surface area contributed by atoms with Gasteiger partial charge in [0.2, 0.25) is 0 Å². The molecule has 2 heteroatoms. The van der Waals surface area contributed by atoms with E-state index in [0.717, 1.165) is 0 Å². The average molecular weight is 276 g/mol. The lowest BCUT2D eigenvalue weighted by molar-refractivity contribution is 0.689. The Kier molecular flexibility index (Phi) is 3.72. The van der Waals surface area contributed by atoms with Gasteiger partial charge in [0, 0.05) is 17.8 Å². The van der Waals surface area contributed by atoms with Crippen molar-refractivity contribution in [3.8, 4) is 0 Å². The van der Waals surface area contributed by atoms with Gasteiger partial charge >= 0.3 is 0 Å². The van der Waals surface area contributed by atoms with E-state index in [-0.39, 0.29) is 6.04 Å². The zero-order valence-corrected chi connectivity index (χ0v) is 12.7. The molecule has 0 aliphatic heterocycles. The Hall–Kier alpha value is -2.19. The summed E-state index contributed by atoms with van der Waals surface area (Å²) >= 11 is 0. The van der Waals surface area contributed by atoms with Crippen LogP contribution in [-0.4, -0.2) is 12.0 Å². The molecular weight excluding hydrogens is 256 g/mol. The SMILES string of the molecule is CNC(c1cccc(C)c1C)c1cncc2ccccc12. The van der Waals surface area contributed by atoms with Crippen LogP contribution in [0.2, 0.25) is 0 Å². The van der Waals surface area contributed by atoms with Crippen LogP contribution < -0.4 is 5.32 Å². The first-order chi connectivity index (χ1) is 10.2. The van der Waals surface area contributed by atoms with E-state index in [2.05, 4.69) is 66.6 Å². The summed E-state index contributed by atoms with van der Waals surface area (Å²) in [5, 5.41) is 5.89. The second kappa shape index (κ2) is 5.66. The van der Waals surface area contributed by atoms with Crippen molar-refractivity contribution in [1.29, 1.82) is 0 Å². The third-order valence-corrected chi connectivity index (χ3v) is 4.26. The fraction of sp³-hybridized carbons (Fsp3) is 0.211. The van der Waals surface area contributed by atoms with Gasteiger partial charge in [-0.05, 0) is 48.5 Å². The zero-order valence-electron chi connectivity index (χ0n) is 12.7. The van der Waals surface area contributed by atoms with E-state index in [9.17, 15) is 0 Å². The molecule has 3 aromatic rings. The summed E-state index contributed by atoms with van der Waals surface area (Å²) in [5.74, 6) is 0. The Labute approximate surface area is 125 Å². The smallest absolute Gasteiger partial charge is 0.0598 e. The maximum absolute atomic E-state index is 4.42. The number of nitrogens with one attached hydrogen (secondary N) is 1. The number of pyridine rings is 1. The molecule has 1 heterocycles. The Morgan fingerprint density at radius 2 is 1.71 bits per heavy atom. The Morgan fingerprint density at radius 3 is 2.52 bits per heavy atom. The highest BCUT2D eigenvalue weighted by Gasteiger charge is 2.17. The van der Waals surface area contributed by atoms with Crippen molar-refractivity contribution in [3.63, 3.8) is 0 Å². The topological polar surface area (TPSA) is 24.9 Å². The van der Waals surface area contributed by atoms with Crippen LogP contribution >= 0.6 is 0 Å². The maximum Gasteiger partial charge on any atom is 0.0598 e. The number of fused-ring (bicyclic) bond motifs is 1. The van der Waals surface area contributed by atoms with E-state index in [1.165, 1.54) is 33.0 Å². The summed E-state index contributed by atoms with van der Waals surface area (Å²) in [6.45, 7) is 4.35. The molecule has 0 saturated carbocycles. The summed E-state index contributed by atoms with van der Waals surface area (Å²) in [6.07, 6.45) is 3.90. The van der Waals surface area contributed by atoms with Crippen LogP contribution in [0.4, 0.5) is 0 Å². The van der Waals surface area contributed by atoms with E-state index in [1.54, 1.807) is 0 Å². The van der Waals surface area contributed by atoms with Crippen LogP contribution in [0.5, 0.6) is 0 Å². The van der Waals surface area contributed by atoms with E-state index in [1.807, 2.05) is 19.4 Å². The molecule has 1 unspecified atom stereocenters. The molecule has 2 nitrogen and oxygen atoms in total. The number of hydrogen-bond acceptors (Lipinski definition) is 2. The van der Waals surface area contributed by atoms with Gasteiger partial charge < -0.3 is 5.32 Å². The summed E-state index contributed by atoms with van der Waals surface area (Å²) in [7, 11) is 2.01. The van der Waals surface area contributed by atoms with Gasteiger partial charge in [0.05, 0.1) is 6.04 Å². The minimum atomic E-state index is 0.156. The van der Waals surface area contributed by atoms with Gasteiger partial charge in [-0.2, -0.15) is 0 Å². The van der Waals surface area contributed by atoms with Crippen LogP contribution in [0, 0.1) is 13.8 Å².